The van der Waals surface area contributed by atoms with Gasteiger partial charge in [0.25, 0.3) is 5.91 Å². The lowest BCUT2D eigenvalue weighted by molar-refractivity contribution is -0.113. The molecule has 0 spiro atoms. The summed E-state index contributed by atoms with van der Waals surface area (Å²) in [5.41, 5.74) is 2.04. The topological polar surface area (TPSA) is 53.7 Å². The third-order valence-corrected chi connectivity index (χ3v) is 6.07. The quantitative estimate of drug-likeness (QED) is 0.730. The molecule has 0 radical (unpaired) electrons. The number of aromatic nitrogens is 2. The first-order valence-corrected chi connectivity index (χ1v) is 8.93. The first-order chi connectivity index (χ1) is 11.1. The van der Waals surface area contributed by atoms with E-state index < -0.39 is 0 Å². The fourth-order valence-corrected chi connectivity index (χ4v) is 4.44. The largest absolute Gasteiger partial charge is 0.348 e. The van der Waals surface area contributed by atoms with E-state index in [0.29, 0.717) is 10.9 Å². The predicted octanol–water partition coefficient (Wildman–Crippen LogP) is 1.48. The molecule has 0 aromatic carbocycles. The number of aryl methyl sites for hydroxylation is 1. The summed E-state index contributed by atoms with van der Waals surface area (Å²) in [7, 11) is 1.91. The highest BCUT2D eigenvalue weighted by atomic mass is 32.2. The van der Waals surface area contributed by atoms with Gasteiger partial charge >= 0.3 is 0 Å². The van der Waals surface area contributed by atoms with E-state index in [4.69, 9.17) is 0 Å². The fraction of sp³-hybridized carbons (Fsp3) is 0.562. The maximum Gasteiger partial charge on any atom is 0.286 e. The summed E-state index contributed by atoms with van der Waals surface area (Å²) in [6.45, 7) is 6.28. The Kier molecular flexibility index (Phi) is 3.77. The van der Waals surface area contributed by atoms with Gasteiger partial charge in [0.05, 0.1) is 11.1 Å². The molecule has 1 atom stereocenters. The van der Waals surface area contributed by atoms with Gasteiger partial charge in [0, 0.05) is 44.0 Å². The van der Waals surface area contributed by atoms with Crippen LogP contribution in [-0.2, 0) is 11.8 Å². The SMILES string of the molecule is Cc1c(C=C2SC(N3CCN4CCCC4C3)=NC2=O)cnn1C. The van der Waals surface area contributed by atoms with Crippen molar-refractivity contribution in [2.45, 2.75) is 25.8 Å². The number of hydrogen-bond donors (Lipinski definition) is 0. The second-order valence-electron chi connectivity index (χ2n) is 6.40. The van der Waals surface area contributed by atoms with Gasteiger partial charge in [-0.1, -0.05) is 0 Å². The van der Waals surface area contributed by atoms with Gasteiger partial charge in [0.1, 0.15) is 0 Å². The Morgan fingerprint density at radius 1 is 1.35 bits per heavy atom. The fourth-order valence-electron chi connectivity index (χ4n) is 3.50. The molecule has 23 heavy (non-hydrogen) atoms. The molecule has 0 bridgehead atoms. The van der Waals surface area contributed by atoms with Crippen LogP contribution >= 0.6 is 11.8 Å². The minimum Gasteiger partial charge on any atom is -0.348 e. The molecule has 122 valence electrons. The van der Waals surface area contributed by atoms with Crippen LogP contribution in [0.3, 0.4) is 0 Å². The maximum atomic E-state index is 12.2. The molecule has 1 aromatic rings. The number of fused-ring (bicyclic) bond motifs is 1. The average Bonchev–Trinajstić information content (AvgIpc) is 3.23. The number of amidine groups is 1. The monoisotopic (exact) mass is 331 g/mol. The van der Waals surface area contributed by atoms with Gasteiger partial charge in [-0.25, -0.2) is 0 Å². The van der Waals surface area contributed by atoms with Gasteiger partial charge in [-0.15, -0.1) is 0 Å². The zero-order chi connectivity index (χ0) is 16.0. The molecule has 4 heterocycles. The van der Waals surface area contributed by atoms with Crippen LogP contribution in [0, 0.1) is 6.92 Å². The molecule has 3 aliphatic heterocycles. The van der Waals surface area contributed by atoms with Crippen molar-refractivity contribution in [3.8, 4) is 0 Å². The van der Waals surface area contributed by atoms with Crippen LogP contribution in [0.15, 0.2) is 16.1 Å². The van der Waals surface area contributed by atoms with Crippen molar-refractivity contribution < 1.29 is 4.79 Å². The number of aliphatic imine (C=N–C) groups is 1. The zero-order valence-corrected chi connectivity index (χ0v) is 14.3. The number of piperazine rings is 1. The summed E-state index contributed by atoms with van der Waals surface area (Å²) in [5.74, 6) is -0.123. The lowest BCUT2D eigenvalue weighted by Gasteiger charge is -2.38. The lowest BCUT2D eigenvalue weighted by atomic mass is 10.2. The second kappa shape index (κ2) is 5.79. The van der Waals surface area contributed by atoms with E-state index in [0.717, 1.165) is 36.1 Å². The molecule has 3 aliphatic rings. The highest BCUT2D eigenvalue weighted by molar-refractivity contribution is 8.18. The molecule has 2 saturated heterocycles. The van der Waals surface area contributed by atoms with Gasteiger partial charge in [-0.2, -0.15) is 10.1 Å². The van der Waals surface area contributed by atoms with E-state index in [1.165, 1.54) is 31.1 Å². The first kappa shape index (κ1) is 15.0. The lowest BCUT2D eigenvalue weighted by Crippen LogP contribution is -2.51. The molecule has 7 heteroatoms. The number of nitrogens with zero attached hydrogens (tertiary/aromatic N) is 5. The zero-order valence-electron chi connectivity index (χ0n) is 13.5. The number of hydrogen-bond acceptors (Lipinski definition) is 5. The van der Waals surface area contributed by atoms with Crippen LogP contribution in [0.5, 0.6) is 0 Å². The Labute approximate surface area is 140 Å². The molecular formula is C16H21N5OS. The van der Waals surface area contributed by atoms with Crippen LogP contribution in [-0.4, -0.2) is 62.9 Å². The number of amides is 1. The summed E-state index contributed by atoms with van der Waals surface area (Å²) in [6, 6.07) is 0.635. The Hall–Kier alpha value is -1.60. The van der Waals surface area contributed by atoms with Crippen molar-refractivity contribution in [1.82, 2.24) is 19.6 Å². The number of thioether (sulfide) groups is 1. The van der Waals surface area contributed by atoms with E-state index in [1.54, 1.807) is 6.20 Å². The molecule has 0 N–H and O–H groups in total. The molecule has 4 rings (SSSR count). The molecule has 6 nitrogen and oxygen atoms in total. The van der Waals surface area contributed by atoms with Crippen LogP contribution in [0.4, 0.5) is 0 Å². The molecule has 1 unspecified atom stereocenters. The van der Waals surface area contributed by atoms with Crippen LogP contribution in [0.1, 0.15) is 24.1 Å². The third kappa shape index (κ3) is 2.72. The van der Waals surface area contributed by atoms with E-state index in [2.05, 4.69) is 19.9 Å². The van der Waals surface area contributed by atoms with Gasteiger partial charge in [-0.3, -0.25) is 14.4 Å². The van der Waals surface area contributed by atoms with Gasteiger partial charge < -0.3 is 4.90 Å². The molecule has 0 aliphatic carbocycles. The summed E-state index contributed by atoms with van der Waals surface area (Å²) < 4.78 is 1.82. The molecular weight excluding hydrogens is 310 g/mol. The molecule has 0 saturated carbocycles. The van der Waals surface area contributed by atoms with E-state index in [1.807, 2.05) is 24.7 Å². The molecule has 1 amide bonds. The number of carbonyl (C=O) groups excluding carboxylic acids is 1. The smallest absolute Gasteiger partial charge is 0.286 e. The summed E-state index contributed by atoms with van der Waals surface area (Å²) in [5, 5.41) is 5.10. The summed E-state index contributed by atoms with van der Waals surface area (Å²) in [4.78, 5) is 22.1. The molecule has 2 fully saturated rings. The average molecular weight is 331 g/mol. The van der Waals surface area contributed by atoms with Gasteiger partial charge in [0.2, 0.25) is 0 Å². The Bertz CT molecular complexity index is 707. The first-order valence-electron chi connectivity index (χ1n) is 8.12. The van der Waals surface area contributed by atoms with Crippen LogP contribution < -0.4 is 0 Å². The highest BCUT2D eigenvalue weighted by Crippen LogP contribution is 2.32. The van der Waals surface area contributed by atoms with Crippen LogP contribution in [0.25, 0.3) is 6.08 Å². The number of rotatable bonds is 1. The normalized spacial score (nSPS) is 27.0. The van der Waals surface area contributed by atoms with Crippen molar-refractivity contribution in [3.63, 3.8) is 0 Å². The van der Waals surface area contributed by atoms with Crippen molar-refractivity contribution in [3.05, 3.63) is 22.4 Å². The van der Waals surface area contributed by atoms with Crippen molar-refractivity contribution in [2.24, 2.45) is 12.0 Å². The minimum atomic E-state index is -0.123. The Balaban J connectivity index is 1.49. The molecule has 1 aromatic heterocycles. The Morgan fingerprint density at radius 3 is 3.00 bits per heavy atom. The van der Waals surface area contributed by atoms with E-state index in [9.17, 15) is 4.79 Å². The van der Waals surface area contributed by atoms with Gasteiger partial charge in [-0.05, 0) is 44.1 Å². The second-order valence-corrected chi connectivity index (χ2v) is 7.41. The number of carbonyl (C=O) groups is 1. The highest BCUT2D eigenvalue weighted by Gasteiger charge is 2.34. The summed E-state index contributed by atoms with van der Waals surface area (Å²) in [6.07, 6.45) is 6.27. The third-order valence-electron chi connectivity index (χ3n) is 5.03. The van der Waals surface area contributed by atoms with Crippen molar-refractivity contribution in [1.29, 1.82) is 0 Å². The van der Waals surface area contributed by atoms with E-state index in [-0.39, 0.29) is 5.91 Å². The summed E-state index contributed by atoms with van der Waals surface area (Å²) >= 11 is 1.50. The van der Waals surface area contributed by atoms with Crippen LogP contribution in [0.2, 0.25) is 0 Å². The van der Waals surface area contributed by atoms with E-state index >= 15 is 0 Å². The maximum absolute atomic E-state index is 12.2. The predicted molar refractivity (Wildman–Crippen MR) is 92.1 cm³/mol. The minimum absolute atomic E-state index is 0.123. The van der Waals surface area contributed by atoms with Gasteiger partial charge in [0.15, 0.2) is 5.17 Å². The standard InChI is InChI=1S/C16H21N5OS/c1-11-12(9-17-19(11)2)8-14-15(22)18-16(23-14)21-7-6-20-5-3-4-13(20)10-21/h8-9,13H,3-7,10H2,1-2H3. The van der Waals surface area contributed by atoms with Crippen molar-refractivity contribution >= 4 is 28.9 Å². The van der Waals surface area contributed by atoms with Crippen molar-refractivity contribution in [2.75, 3.05) is 26.2 Å². The Morgan fingerprint density at radius 2 is 2.22 bits per heavy atom.